The molecule has 7 nitrogen and oxygen atoms in total. The Balaban J connectivity index is 1.64. The molecule has 0 bridgehead atoms. The Labute approximate surface area is 147 Å². The van der Waals surface area contributed by atoms with Crippen LogP contribution in [0.25, 0.3) is 0 Å². The zero-order valence-electron chi connectivity index (χ0n) is 14.6. The van der Waals surface area contributed by atoms with Gasteiger partial charge in [-0.3, -0.25) is 4.79 Å². The molecular weight excluding hydrogens is 318 g/mol. The number of aromatic nitrogens is 3. The van der Waals surface area contributed by atoms with E-state index in [-0.39, 0.29) is 12.5 Å². The van der Waals surface area contributed by atoms with Gasteiger partial charge in [-0.15, -0.1) is 0 Å². The summed E-state index contributed by atoms with van der Waals surface area (Å²) in [5, 5.41) is 13.7. The summed E-state index contributed by atoms with van der Waals surface area (Å²) < 4.78 is 0. The highest BCUT2D eigenvalue weighted by atomic mass is 16.3. The maximum atomic E-state index is 12.4. The predicted molar refractivity (Wildman–Crippen MR) is 94.5 cm³/mol. The Bertz CT molecular complexity index is 752. The first-order valence-corrected chi connectivity index (χ1v) is 8.44. The standard InChI is InChI=1S/C18H23N5O2/c1-13-15(10-20-14(2)22-13)17(24)21-11-18(25)7-5-9-23(12-18)16-6-3-4-8-19-16/h3-4,6,8,10,25H,5,7,9,11-12H2,1-2H3,(H,21,24). The number of carbonyl (C=O) groups excluding carboxylic acids is 1. The van der Waals surface area contributed by atoms with Gasteiger partial charge in [-0.2, -0.15) is 0 Å². The van der Waals surface area contributed by atoms with Gasteiger partial charge < -0.3 is 15.3 Å². The maximum absolute atomic E-state index is 12.4. The van der Waals surface area contributed by atoms with Gasteiger partial charge in [-0.1, -0.05) is 6.07 Å². The average Bonchev–Trinajstić information content (AvgIpc) is 2.61. The number of aliphatic hydroxyl groups is 1. The first-order valence-electron chi connectivity index (χ1n) is 8.44. The van der Waals surface area contributed by atoms with Crippen molar-refractivity contribution < 1.29 is 9.90 Å². The molecule has 0 radical (unpaired) electrons. The molecule has 2 aromatic heterocycles. The van der Waals surface area contributed by atoms with Gasteiger partial charge in [0.2, 0.25) is 0 Å². The van der Waals surface area contributed by atoms with E-state index in [0.717, 1.165) is 18.8 Å². The molecule has 0 saturated carbocycles. The highest BCUT2D eigenvalue weighted by molar-refractivity contribution is 5.94. The lowest BCUT2D eigenvalue weighted by Gasteiger charge is -2.39. The van der Waals surface area contributed by atoms with Gasteiger partial charge in [0.1, 0.15) is 11.6 Å². The Hall–Kier alpha value is -2.54. The quantitative estimate of drug-likeness (QED) is 0.870. The lowest BCUT2D eigenvalue weighted by atomic mass is 9.92. The van der Waals surface area contributed by atoms with Gasteiger partial charge in [0.15, 0.2) is 0 Å². The van der Waals surface area contributed by atoms with Crippen molar-refractivity contribution in [3.8, 4) is 0 Å². The molecule has 1 aliphatic rings. The second-order valence-corrected chi connectivity index (χ2v) is 6.54. The van der Waals surface area contributed by atoms with E-state index in [0.29, 0.717) is 30.0 Å². The number of aryl methyl sites for hydroxylation is 2. The Kier molecular flexibility index (Phi) is 4.94. The van der Waals surface area contributed by atoms with Crippen molar-refractivity contribution >= 4 is 11.7 Å². The van der Waals surface area contributed by atoms with E-state index < -0.39 is 5.60 Å². The van der Waals surface area contributed by atoms with Gasteiger partial charge >= 0.3 is 0 Å². The van der Waals surface area contributed by atoms with E-state index in [1.807, 2.05) is 18.2 Å². The summed E-state index contributed by atoms with van der Waals surface area (Å²) in [6.07, 6.45) is 4.75. The molecular formula is C18H23N5O2. The van der Waals surface area contributed by atoms with Crippen molar-refractivity contribution in [2.75, 3.05) is 24.5 Å². The van der Waals surface area contributed by atoms with Crippen molar-refractivity contribution in [2.24, 2.45) is 0 Å². The molecule has 0 aromatic carbocycles. The van der Waals surface area contributed by atoms with Crippen LogP contribution in [-0.4, -0.2) is 51.2 Å². The molecule has 0 aliphatic carbocycles. The van der Waals surface area contributed by atoms with Gasteiger partial charge in [0.25, 0.3) is 5.91 Å². The molecule has 1 amide bonds. The molecule has 1 unspecified atom stereocenters. The third-order valence-electron chi connectivity index (χ3n) is 4.45. The molecule has 1 fully saturated rings. The average molecular weight is 341 g/mol. The van der Waals surface area contributed by atoms with Crippen LogP contribution < -0.4 is 10.2 Å². The fourth-order valence-corrected chi connectivity index (χ4v) is 3.14. The molecule has 3 rings (SSSR count). The number of piperidine rings is 1. The minimum Gasteiger partial charge on any atom is -0.386 e. The number of pyridine rings is 1. The van der Waals surface area contributed by atoms with Crippen LogP contribution in [-0.2, 0) is 0 Å². The molecule has 2 aromatic rings. The summed E-state index contributed by atoms with van der Waals surface area (Å²) in [4.78, 5) is 27.1. The second kappa shape index (κ2) is 7.14. The number of anilines is 1. The minimum absolute atomic E-state index is 0.183. The van der Waals surface area contributed by atoms with Crippen molar-refractivity contribution in [3.63, 3.8) is 0 Å². The monoisotopic (exact) mass is 341 g/mol. The number of nitrogens with zero attached hydrogens (tertiary/aromatic N) is 4. The van der Waals surface area contributed by atoms with Crippen molar-refractivity contribution in [1.82, 2.24) is 20.3 Å². The molecule has 0 spiro atoms. The van der Waals surface area contributed by atoms with E-state index >= 15 is 0 Å². The van der Waals surface area contributed by atoms with Crippen LogP contribution in [0.15, 0.2) is 30.6 Å². The van der Waals surface area contributed by atoms with Crippen molar-refractivity contribution in [1.29, 1.82) is 0 Å². The Morgan fingerprint density at radius 2 is 2.20 bits per heavy atom. The van der Waals surface area contributed by atoms with E-state index in [9.17, 15) is 9.90 Å². The first kappa shape index (κ1) is 17.3. The number of hydrogen-bond donors (Lipinski definition) is 2. The van der Waals surface area contributed by atoms with Crippen molar-refractivity contribution in [3.05, 3.63) is 47.7 Å². The van der Waals surface area contributed by atoms with Crippen LogP contribution >= 0.6 is 0 Å². The smallest absolute Gasteiger partial charge is 0.254 e. The summed E-state index contributed by atoms with van der Waals surface area (Å²) in [5.41, 5.74) is 0.0903. The van der Waals surface area contributed by atoms with Crippen LogP contribution in [0.5, 0.6) is 0 Å². The van der Waals surface area contributed by atoms with Crippen LogP contribution in [0.1, 0.15) is 34.7 Å². The summed E-state index contributed by atoms with van der Waals surface area (Å²) in [6.45, 7) is 5.03. The molecule has 132 valence electrons. The highest BCUT2D eigenvalue weighted by Gasteiger charge is 2.34. The third kappa shape index (κ3) is 4.11. The Morgan fingerprint density at radius 1 is 1.36 bits per heavy atom. The molecule has 1 aliphatic heterocycles. The number of hydrogen-bond acceptors (Lipinski definition) is 6. The molecule has 1 saturated heterocycles. The molecule has 7 heteroatoms. The zero-order chi connectivity index (χ0) is 17.9. The normalized spacial score (nSPS) is 20.4. The second-order valence-electron chi connectivity index (χ2n) is 6.54. The SMILES string of the molecule is Cc1ncc(C(=O)NCC2(O)CCCN(c3ccccn3)C2)c(C)n1. The highest BCUT2D eigenvalue weighted by Crippen LogP contribution is 2.24. The van der Waals surface area contributed by atoms with E-state index in [4.69, 9.17) is 0 Å². The largest absolute Gasteiger partial charge is 0.386 e. The summed E-state index contributed by atoms with van der Waals surface area (Å²) >= 11 is 0. The lowest BCUT2D eigenvalue weighted by molar-refractivity contribution is 0.0254. The first-order chi connectivity index (χ1) is 12.0. The maximum Gasteiger partial charge on any atom is 0.254 e. The molecule has 2 N–H and O–H groups in total. The molecule has 3 heterocycles. The van der Waals surface area contributed by atoms with Crippen LogP contribution in [0.2, 0.25) is 0 Å². The predicted octanol–water partition coefficient (Wildman–Crippen LogP) is 1.25. The van der Waals surface area contributed by atoms with Crippen LogP contribution in [0.3, 0.4) is 0 Å². The van der Waals surface area contributed by atoms with Crippen molar-refractivity contribution in [2.45, 2.75) is 32.3 Å². The van der Waals surface area contributed by atoms with Crippen LogP contribution in [0.4, 0.5) is 5.82 Å². The third-order valence-corrected chi connectivity index (χ3v) is 4.45. The topological polar surface area (TPSA) is 91.2 Å². The fourth-order valence-electron chi connectivity index (χ4n) is 3.14. The summed E-state index contributed by atoms with van der Waals surface area (Å²) in [5.74, 6) is 1.21. The van der Waals surface area contributed by atoms with Gasteiger partial charge in [-0.25, -0.2) is 15.0 Å². The summed E-state index contributed by atoms with van der Waals surface area (Å²) in [7, 11) is 0. The van der Waals surface area contributed by atoms with Crippen LogP contribution in [0, 0.1) is 13.8 Å². The molecule has 25 heavy (non-hydrogen) atoms. The zero-order valence-corrected chi connectivity index (χ0v) is 14.6. The van der Waals surface area contributed by atoms with Gasteiger partial charge in [0.05, 0.1) is 16.9 Å². The fraction of sp³-hybridized carbons (Fsp3) is 0.444. The van der Waals surface area contributed by atoms with E-state index in [1.165, 1.54) is 6.20 Å². The van der Waals surface area contributed by atoms with Gasteiger partial charge in [-0.05, 0) is 38.8 Å². The number of amides is 1. The Morgan fingerprint density at radius 3 is 2.92 bits per heavy atom. The number of rotatable bonds is 4. The number of nitrogens with one attached hydrogen (secondary N) is 1. The number of β-amino-alcohol motifs (C(OH)–C–C–N with tert-alkyl or cyclic N) is 1. The number of carbonyl (C=O) groups is 1. The summed E-state index contributed by atoms with van der Waals surface area (Å²) in [6, 6.07) is 5.72. The minimum atomic E-state index is -0.981. The van der Waals surface area contributed by atoms with E-state index in [2.05, 4.69) is 25.2 Å². The van der Waals surface area contributed by atoms with E-state index in [1.54, 1.807) is 20.0 Å². The lowest BCUT2D eigenvalue weighted by Crippen LogP contribution is -2.54. The van der Waals surface area contributed by atoms with Gasteiger partial charge in [0, 0.05) is 32.0 Å². The molecule has 1 atom stereocenters.